The molecule has 1 atom stereocenters. The van der Waals surface area contributed by atoms with E-state index < -0.39 is 6.04 Å². The molecule has 0 bridgehead atoms. The summed E-state index contributed by atoms with van der Waals surface area (Å²) in [6.07, 6.45) is 4.14. The van der Waals surface area contributed by atoms with E-state index in [1.165, 1.54) is 0 Å². The molecule has 164 valence electrons. The summed E-state index contributed by atoms with van der Waals surface area (Å²) in [6.45, 7) is 8.51. The second kappa shape index (κ2) is 9.58. The molecule has 0 radical (unpaired) electrons. The lowest BCUT2D eigenvalue weighted by molar-refractivity contribution is 0.285. The number of nitrogens with two attached hydrogens (primary N) is 2. The molecule has 6 N–H and O–H groups in total. The minimum Gasteiger partial charge on any atom is -0.490 e. The van der Waals surface area contributed by atoms with Gasteiger partial charge in [-0.3, -0.25) is 5.32 Å². The maximum absolute atomic E-state index is 9.51. The normalized spacial score (nSPS) is 14.1. The van der Waals surface area contributed by atoms with Crippen LogP contribution in [0.2, 0.25) is 0 Å². The summed E-state index contributed by atoms with van der Waals surface area (Å²) < 4.78 is 11.7. The predicted octanol–water partition coefficient (Wildman–Crippen LogP) is 2.59. The molecule has 1 aromatic heterocycles. The van der Waals surface area contributed by atoms with Crippen LogP contribution in [0.5, 0.6) is 11.5 Å². The minimum absolute atomic E-state index is 0.0118. The highest BCUT2D eigenvalue weighted by Crippen LogP contribution is 2.44. The predicted molar refractivity (Wildman–Crippen MR) is 122 cm³/mol. The van der Waals surface area contributed by atoms with Crippen LogP contribution < -0.4 is 31.6 Å². The summed E-state index contributed by atoms with van der Waals surface area (Å²) in [5.41, 5.74) is 14.5. The first-order valence-corrected chi connectivity index (χ1v) is 10.0. The van der Waals surface area contributed by atoms with E-state index in [4.69, 9.17) is 26.2 Å². The van der Waals surface area contributed by atoms with Crippen molar-refractivity contribution in [3.63, 3.8) is 0 Å². The molecule has 0 amide bonds. The topological polar surface area (TPSA) is 167 Å². The second-order valence-electron chi connectivity index (χ2n) is 6.77. The van der Waals surface area contributed by atoms with E-state index in [0.29, 0.717) is 42.5 Å². The standard InChI is InChI=1S/C22H24N8O2/c1-4-7-12-8-13(9-15(31-5-2)19(12)32-6-3)18-16-17(25)14(10-23)20(26)29-21(16)30-22(28-18)27-11-24/h4,8-9,18H,1,5-7H2,2-3H3,(H6,25,26,27,28,29,30). The van der Waals surface area contributed by atoms with Crippen LogP contribution >= 0.6 is 0 Å². The van der Waals surface area contributed by atoms with Gasteiger partial charge in [-0.2, -0.15) is 10.5 Å². The van der Waals surface area contributed by atoms with Crippen molar-refractivity contribution in [2.75, 3.05) is 30.0 Å². The summed E-state index contributed by atoms with van der Waals surface area (Å²) >= 11 is 0. The summed E-state index contributed by atoms with van der Waals surface area (Å²) in [7, 11) is 0. The molecule has 0 fully saturated rings. The summed E-state index contributed by atoms with van der Waals surface area (Å²) in [5, 5.41) is 24.0. The second-order valence-corrected chi connectivity index (χ2v) is 6.77. The molecule has 0 saturated carbocycles. The van der Waals surface area contributed by atoms with Crippen molar-refractivity contribution in [3.05, 3.63) is 47.0 Å². The number of fused-ring (bicyclic) bond motifs is 1. The van der Waals surface area contributed by atoms with Crippen LogP contribution in [0, 0.1) is 22.8 Å². The molecule has 1 unspecified atom stereocenters. The molecular formula is C22H24N8O2. The Morgan fingerprint density at radius 1 is 1.25 bits per heavy atom. The van der Waals surface area contributed by atoms with Crippen LogP contribution in [-0.4, -0.2) is 24.2 Å². The number of nitrogens with zero attached hydrogens (tertiary/aromatic N) is 4. The highest BCUT2D eigenvalue weighted by molar-refractivity contribution is 5.98. The van der Waals surface area contributed by atoms with Crippen LogP contribution in [0.1, 0.15) is 42.1 Å². The Hall–Kier alpha value is -4.44. The number of hydrogen-bond acceptors (Lipinski definition) is 10. The van der Waals surface area contributed by atoms with Crippen molar-refractivity contribution in [1.82, 2.24) is 10.3 Å². The Morgan fingerprint density at radius 2 is 2.00 bits per heavy atom. The van der Waals surface area contributed by atoms with Gasteiger partial charge >= 0.3 is 0 Å². The largest absolute Gasteiger partial charge is 0.490 e. The van der Waals surface area contributed by atoms with Crippen molar-refractivity contribution in [3.8, 4) is 23.8 Å². The number of aliphatic imine (C=N–C) groups is 1. The number of hydrogen-bond donors (Lipinski definition) is 4. The van der Waals surface area contributed by atoms with E-state index in [9.17, 15) is 5.26 Å². The fourth-order valence-corrected chi connectivity index (χ4v) is 3.54. The Balaban J connectivity index is 2.29. The molecule has 32 heavy (non-hydrogen) atoms. The van der Waals surface area contributed by atoms with Gasteiger partial charge in [-0.25, -0.2) is 9.98 Å². The fourth-order valence-electron chi connectivity index (χ4n) is 3.54. The van der Waals surface area contributed by atoms with Crippen LogP contribution in [-0.2, 0) is 6.42 Å². The first-order valence-electron chi connectivity index (χ1n) is 10.0. The van der Waals surface area contributed by atoms with Gasteiger partial charge in [0.15, 0.2) is 17.7 Å². The Labute approximate surface area is 186 Å². The van der Waals surface area contributed by atoms with Crippen molar-refractivity contribution in [1.29, 1.82) is 10.5 Å². The summed E-state index contributed by atoms with van der Waals surface area (Å²) in [5.74, 6) is 1.66. The molecule has 10 heteroatoms. The van der Waals surface area contributed by atoms with E-state index in [0.717, 1.165) is 11.1 Å². The lowest BCUT2D eigenvalue weighted by Crippen LogP contribution is -2.32. The fraction of sp³-hybridized carbons (Fsp3) is 0.273. The van der Waals surface area contributed by atoms with Gasteiger partial charge in [-0.15, -0.1) is 6.58 Å². The average Bonchev–Trinajstić information content (AvgIpc) is 2.76. The zero-order valence-electron chi connectivity index (χ0n) is 17.9. The number of nitrogen functional groups attached to an aromatic ring is 2. The van der Waals surface area contributed by atoms with Crippen molar-refractivity contribution in [2.24, 2.45) is 4.99 Å². The van der Waals surface area contributed by atoms with Gasteiger partial charge < -0.3 is 26.3 Å². The molecule has 0 saturated heterocycles. The third-order valence-electron chi connectivity index (χ3n) is 4.78. The van der Waals surface area contributed by atoms with Gasteiger partial charge in [0, 0.05) is 11.1 Å². The van der Waals surface area contributed by atoms with Gasteiger partial charge in [0.1, 0.15) is 29.3 Å². The molecule has 3 rings (SSSR count). The number of nitriles is 2. The number of benzene rings is 1. The van der Waals surface area contributed by atoms with E-state index in [2.05, 4.69) is 27.2 Å². The maximum Gasteiger partial charge on any atom is 0.211 e. The molecule has 0 spiro atoms. The van der Waals surface area contributed by atoms with Gasteiger partial charge in [0.05, 0.1) is 18.9 Å². The van der Waals surface area contributed by atoms with Gasteiger partial charge in [-0.1, -0.05) is 6.08 Å². The van der Waals surface area contributed by atoms with E-state index in [-0.39, 0.29) is 23.0 Å². The number of allylic oxidation sites excluding steroid dienone is 1. The Morgan fingerprint density at radius 3 is 2.62 bits per heavy atom. The van der Waals surface area contributed by atoms with Gasteiger partial charge in [0.25, 0.3) is 0 Å². The maximum atomic E-state index is 9.51. The van der Waals surface area contributed by atoms with E-state index in [1.54, 1.807) is 6.08 Å². The number of nitrogens with one attached hydrogen (secondary N) is 2. The van der Waals surface area contributed by atoms with Crippen molar-refractivity contribution >= 4 is 23.3 Å². The van der Waals surface area contributed by atoms with Crippen LogP contribution in [0.3, 0.4) is 0 Å². The highest BCUT2D eigenvalue weighted by Gasteiger charge is 2.31. The van der Waals surface area contributed by atoms with E-state index >= 15 is 0 Å². The molecule has 10 nitrogen and oxygen atoms in total. The Kier molecular flexibility index (Phi) is 6.66. The molecule has 1 aliphatic rings. The quantitative estimate of drug-likeness (QED) is 0.292. The van der Waals surface area contributed by atoms with Gasteiger partial charge in [-0.05, 0) is 38.0 Å². The number of aromatic nitrogens is 1. The van der Waals surface area contributed by atoms with Crippen molar-refractivity contribution in [2.45, 2.75) is 26.3 Å². The lowest BCUT2D eigenvalue weighted by Gasteiger charge is -2.27. The van der Waals surface area contributed by atoms with E-state index in [1.807, 2.05) is 38.2 Å². The van der Waals surface area contributed by atoms with Crippen LogP contribution in [0.25, 0.3) is 0 Å². The molecular weight excluding hydrogens is 408 g/mol. The summed E-state index contributed by atoms with van der Waals surface area (Å²) in [6, 6.07) is 5.05. The SMILES string of the molecule is C=CCc1cc(C2N=C(NC#N)Nc3nc(N)c(C#N)c(N)c32)cc(OCC)c1OCC. The first-order chi connectivity index (χ1) is 15.5. The monoisotopic (exact) mass is 432 g/mol. The third-order valence-corrected chi connectivity index (χ3v) is 4.78. The Bertz CT molecular complexity index is 1160. The highest BCUT2D eigenvalue weighted by atomic mass is 16.5. The number of rotatable bonds is 7. The molecule has 0 aliphatic carbocycles. The molecule has 2 aromatic rings. The third kappa shape index (κ3) is 4.07. The number of ether oxygens (including phenoxy) is 2. The number of guanidine groups is 1. The van der Waals surface area contributed by atoms with Crippen LogP contribution in [0.4, 0.5) is 17.3 Å². The zero-order valence-corrected chi connectivity index (χ0v) is 17.9. The van der Waals surface area contributed by atoms with Crippen LogP contribution in [0.15, 0.2) is 29.8 Å². The number of pyridine rings is 1. The summed E-state index contributed by atoms with van der Waals surface area (Å²) in [4.78, 5) is 8.89. The lowest BCUT2D eigenvalue weighted by atomic mass is 9.93. The number of anilines is 3. The first kappa shape index (κ1) is 22.2. The molecule has 1 aromatic carbocycles. The van der Waals surface area contributed by atoms with Gasteiger partial charge in [0.2, 0.25) is 5.96 Å². The van der Waals surface area contributed by atoms with Crippen molar-refractivity contribution < 1.29 is 9.47 Å². The minimum atomic E-state index is -0.680. The zero-order chi connectivity index (χ0) is 23.3. The molecule has 2 heterocycles. The smallest absolute Gasteiger partial charge is 0.211 e. The average molecular weight is 432 g/mol. The molecule has 1 aliphatic heterocycles.